The summed E-state index contributed by atoms with van der Waals surface area (Å²) < 4.78 is 1.75. The first-order chi connectivity index (χ1) is 8.22. The molecule has 1 heterocycles. The monoisotopic (exact) mass is 251 g/mol. The molecule has 0 bridgehead atoms. The highest BCUT2D eigenvalue weighted by atomic mass is 35.5. The van der Waals surface area contributed by atoms with Crippen LogP contribution in [0.5, 0.6) is 0 Å². The number of aryl methyl sites for hydroxylation is 1. The van der Waals surface area contributed by atoms with Gasteiger partial charge in [-0.15, -0.1) is 5.10 Å². The van der Waals surface area contributed by atoms with E-state index in [4.69, 9.17) is 17.3 Å². The number of unbranched alkanes of at least 4 members (excludes halogenated alkanes) is 1. The quantitative estimate of drug-likeness (QED) is 0.847. The Morgan fingerprint density at radius 1 is 1.41 bits per heavy atom. The van der Waals surface area contributed by atoms with Gasteiger partial charge in [-0.2, -0.15) is 0 Å². The molecule has 0 fully saturated rings. The molecule has 0 aliphatic rings. The Labute approximate surface area is 105 Å². The third-order valence-corrected chi connectivity index (χ3v) is 2.82. The minimum Gasteiger partial charge on any atom is -0.399 e. The van der Waals surface area contributed by atoms with Crippen molar-refractivity contribution in [2.45, 2.75) is 26.3 Å². The average Bonchev–Trinajstić information content (AvgIpc) is 2.77. The van der Waals surface area contributed by atoms with Gasteiger partial charge in [0, 0.05) is 17.8 Å². The molecule has 90 valence electrons. The molecule has 0 unspecified atom stereocenters. The molecule has 0 atom stereocenters. The van der Waals surface area contributed by atoms with Crippen molar-refractivity contribution in [3.63, 3.8) is 0 Å². The van der Waals surface area contributed by atoms with Gasteiger partial charge in [0.25, 0.3) is 0 Å². The van der Waals surface area contributed by atoms with Gasteiger partial charge in [0.1, 0.15) is 0 Å². The maximum atomic E-state index is 6.13. The number of rotatable bonds is 4. The molecule has 6 heteroatoms. The summed E-state index contributed by atoms with van der Waals surface area (Å²) >= 11 is 6.13. The van der Waals surface area contributed by atoms with Gasteiger partial charge in [-0.25, -0.2) is 4.68 Å². The third-order valence-electron chi connectivity index (χ3n) is 2.49. The van der Waals surface area contributed by atoms with E-state index >= 15 is 0 Å². The predicted octanol–water partition coefficient (Wildman–Crippen LogP) is 2.38. The molecule has 5 nitrogen and oxygen atoms in total. The van der Waals surface area contributed by atoms with Gasteiger partial charge in [-0.05, 0) is 35.0 Å². The zero-order chi connectivity index (χ0) is 12.3. The number of hydrogen-bond donors (Lipinski definition) is 1. The number of halogens is 1. The van der Waals surface area contributed by atoms with E-state index in [9.17, 15) is 0 Å². The number of tetrazole rings is 1. The van der Waals surface area contributed by atoms with E-state index in [0.717, 1.165) is 24.9 Å². The summed E-state index contributed by atoms with van der Waals surface area (Å²) in [5.41, 5.74) is 7.17. The van der Waals surface area contributed by atoms with Crippen LogP contribution in [0.2, 0.25) is 5.02 Å². The number of aromatic nitrogens is 4. The van der Waals surface area contributed by atoms with Gasteiger partial charge >= 0.3 is 0 Å². The minimum absolute atomic E-state index is 0.603. The Morgan fingerprint density at radius 3 is 3.00 bits per heavy atom. The van der Waals surface area contributed by atoms with E-state index < -0.39 is 0 Å². The molecule has 0 spiro atoms. The van der Waals surface area contributed by atoms with Crippen LogP contribution in [0, 0.1) is 0 Å². The summed E-state index contributed by atoms with van der Waals surface area (Å²) in [5.74, 6) is 0.663. The second-order valence-electron chi connectivity index (χ2n) is 3.82. The van der Waals surface area contributed by atoms with E-state index in [2.05, 4.69) is 22.4 Å². The molecule has 0 aliphatic carbocycles. The molecule has 2 aromatic rings. The Balaban J connectivity index is 2.38. The largest absolute Gasteiger partial charge is 0.399 e. The van der Waals surface area contributed by atoms with Crippen LogP contribution in [-0.4, -0.2) is 20.2 Å². The number of nitrogens with zero attached hydrogens (tertiary/aromatic N) is 4. The molecule has 0 aliphatic heterocycles. The fourth-order valence-electron chi connectivity index (χ4n) is 1.57. The summed E-state index contributed by atoms with van der Waals surface area (Å²) in [6.45, 7) is 2.90. The van der Waals surface area contributed by atoms with Crippen LogP contribution in [0.25, 0.3) is 11.4 Å². The maximum absolute atomic E-state index is 6.13. The summed E-state index contributed by atoms with van der Waals surface area (Å²) in [5, 5.41) is 12.2. The Bertz CT molecular complexity index is 508. The van der Waals surface area contributed by atoms with Crippen molar-refractivity contribution < 1.29 is 0 Å². The Morgan fingerprint density at radius 2 is 2.24 bits per heavy atom. The van der Waals surface area contributed by atoms with Crippen LogP contribution in [0.15, 0.2) is 18.2 Å². The molecule has 0 radical (unpaired) electrons. The number of hydrogen-bond acceptors (Lipinski definition) is 4. The van der Waals surface area contributed by atoms with Crippen LogP contribution < -0.4 is 5.73 Å². The minimum atomic E-state index is 0.603. The van der Waals surface area contributed by atoms with Crippen molar-refractivity contribution in [2.75, 3.05) is 5.73 Å². The molecule has 0 saturated heterocycles. The highest BCUT2D eigenvalue weighted by Crippen LogP contribution is 2.27. The summed E-state index contributed by atoms with van der Waals surface area (Å²) in [6, 6.07) is 5.30. The lowest BCUT2D eigenvalue weighted by Crippen LogP contribution is -2.03. The number of nitrogen functional groups attached to an aromatic ring is 1. The second-order valence-corrected chi connectivity index (χ2v) is 4.23. The van der Waals surface area contributed by atoms with Crippen molar-refractivity contribution in [3.8, 4) is 11.4 Å². The van der Waals surface area contributed by atoms with Crippen LogP contribution in [0.3, 0.4) is 0 Å². The molecule has 1 aromatic heterocycles. The second kappa shape index (κ2) is 5.14. The topological polar surface area (TPSA) is 69.6 Å². The fraction of sp³-hybridized carbons (Fsp3) is 0.364. The summed E-state index contributed by atoms with van der Waals surface area (Å²) in [6.07, 6.45) is 2.11. The van der Waals surface area contributed by atoms with Gasteiger partial charge in [0.2, 0.25) is 0 Å². The van der Waals surface area contributed by atoms with Gasteiger partial charge in [0.05, 0.1) is 5.02 Å². The summed E-state index contributed by atoms with van der Waals surface area (Å²) in [7, 11) is 0. The molecule has 2 rings (SSSR count). The average molecular weight is 252 g/mol. The predicted molar refractivity (Wildman–Crippen MR) is 67.6 cm³/mol. The Kier molecular flexibility index (Phi) is 3.58. The standard InChI is InChI=1S/C11H14ClN5/c1-2-3-6-17-11(14-15-16-17)9-7-8(13)4-5-10(9)12/h4-5,7H,2-3,6,13H2,1H3. The normalized spacial score (nSPS) is 10.7. The number of anilines is 1. The van der Waals surface area contributed by atoms with Gasteiger partial charge in [-0.1, -0.05) is 24.9 Å². The van der Waals surface area contributed by atoms with E-state index in [1.807, 2.05) is 0 Å². The van der Waals surface area contributed by atoms with Crippen molar-refractivity contribution in [1.29, 1.82) is 0 Å². The molecular formula is C11H14ClN5. The highest BCUT2D eigenvalue weighted by Gasteiger charge is 2.12. The molecule has 17 heavy (non-hydrogen) atoms. The first-order valence-electron chi connectivity index (χ1n) is 5.54. The van der Waals surface area contributed by atoms with E-state index in [1.54, 1.807) is 22.9 Å². The van der Waals surface area contributed by atoms with Crippen LogP contribution >= 0.6 is 11.6 Å². The lowest BCUT2D eigenvalue weighted by Gasteiger charge is -2.06. The lowest BCUT2D eigenvalue weighted by atomic mass is 10.2. The van der Waals surface area contributed by atoms with Gasteiger partial charge in [-0.3, -0.25) is 0 Å². The van der Waals surface area contributed by atoms with E-state index in [0.29, 0.717) is 16.5 Å². The number of benzene rings is 1. The van der Waals surface area contributed by atoms with Gasteiger partial charge in [0.15, 0.2) is 5.82 Å². The zero-order valence-electron chi connectivity index (χ0n) is 9.60. The lowest BCUT2D eigenvalue weighted by molar-refractivity contribution is 0.557. The van der Waals surface area contributed by atoms with Crippen LogP contribution in [0.1, 0.15) is 19.8 Å². The number of nitrogens with two attached hydrogens (primary N) is 1. The smallest absolute Gasteiger partial charge is 0.183 e. The highest BCUT2D eigenvalue weighted by molar-refractivity contribution is 6.33. The summed E-state index contributed by atoms with van der Waals surface area (Å²) in [4.78, 5) is 0. The van der Waals surface area contributed by atoms with Crippen molar-refractivity contribution in [3.05, 3.63) is 23.2 Å². The fourth-order valence-corrected chi connectivity index (χ4v) is 1.77. The van der Waals surface area contributed by atoms with Crippen LogP contribution in [-0.2, 0) is 6.54 Å². The van der Waals surface area contributed by atoms with E-state index in [1.165, 1.54) is 0 Å². The van der Waals surface area contributed by atoms with Crippen molar-refractivity contribution in [2.24, 2.45) is 0 Å². The molecule has 2 N–H and O–H groups in total. The first kappa shape index (κ1) is 11.9. The van der Waals surface area contributed by atoms with Crippen molar-refractivity contribution >= 4 is 17.3 Å². The zero-order valence-corrected chi connectivity index (χ0v) is 10.4. The molecule has 0 amide bonds. The molecular weight excluding hydrogens is 238 g/mol. The van der Waals surface area contributed by atoms with E-state index in [-0.39, 0.29) is 0 Å². The SMILES string of the molecule is CCCCn1nnnc1-c1cc(N)ccc1Cl. The van der Waals surface area contributed by atoms with Crippen LogP contribution in [0.4, 0.5) is 5.69 Å². The first-order valence-corrected chi connectivity index (χ1v) is 5.91. The third kappa shape index (κ3) is 2.55. The van der Waals surface area contributed by atoms with Gasteiger partial charge < -0.3 is 5.73 Å². The molecule has 0 saturated carbocycles. The van der Waals surface area contributed by atoms with Crippen molar-refractivity contribution in [1.82, 2.24) is 20.2 Å². The molecule has 1 aromatic carbocycles. The Hall–Kier alpha value is -1.62. The maximum Gasteiger partial charge on any atom is 0.183 e.